The fourth-order valence-corrected chi connectivity index (χ4v) is 6.45. The number of rotatable bonds is 7. The van der Waals surface area contributed by atoms with E-state index in [2.05, 4.69) is 10.3 Å². The molecule has 0 saturated carbocycles. The first kappa shape index (κ1) is 24.8. The van der Waals surface area contributed by atoms with Crippen LogP contribution in [0, 0.1) is 11.3 Å². The van der Waals surface area contributed by atoms with Gasteiger partial charge in [-0.1, -0.05) is 23.2 Å². The number of hydrogen-bond donors (Lipinski definition) is 2. The molecule has 4 rings (SSSR count). The number of pyridine rings is 1. The second-order valence-corrected chi connectivity index (χ2v) is 10.8. The summed E-state index contributed by atoms with van der Waals surface area (Å²) in [7, 11) is -1.09. The van der Waals surface area contributed by atoms with E-state index in [0.29, 0.717) is 15.9 Å². The number of amides is 1. The minimum absolute atomic E-state index is 0.0569. The Bertz CT molecular complexity index is 1530. The van der Waals surface area contributed by atoms with Crippen molar-refractivity contribution in [2.75, 3.05) is 14.2 Å². The first-order valence-corrected chi connectivity index (χ1v) is 12.7. The zero-order valence-corrected chi connectivity index (χ0v) is 21.1. The predicted molar refractivity (Wildman–Crippen MR) is 134 cm³/mol. The van der Waals surface area contributed by atoms with Gasteiger partial charge in [-0.25, -0.2) is 0 Å². The van der Waals surface area contributed by atoms with Crippen LogP contribution in [0.5, 0.6) is 0 Å². The number of nitriles is 1. The highest BCUT2D eigenvalue weighted by atomic mass is 35.5. The summed E-state index contributed by atoms with van der Waals surface area (Å²) in [6.45, 7) is 0.186. The van der Waals surface area contributed by atoms with Crippen molar-refractivity contribution in [1.82, 2.24) is 10.3 Å². The van der Waals surface area contributed by atoms with Gasteiger partial charge < -0.3 is 14.8 Å². The van der Waals surface area contributed by atoms with Crippen LogP contribution in [0.1, 0.15) is 21.6 Å². The van der Waals surface area contributed by atoms with Crippen molar-refractivity contribution in [3.05, 3.63) is 87.8 Å². The molecule has 0 fully saturated rings. The summed E-state index contributed by atoms with van der Waals surface area (Å²) in [5.74, 6) is -0.500. The quantitative estimate of drug-likeness (QED) is 0.281. The van der Waals surface area contributed by atoms with E-state index in [-0.39, 0.29) is 33.4 Å². The molecule has 1 atom stereocenters. The summed E-state index contributed by atoms with van der Waals surface area (Å²) >= 11 is 12.4. The normalized spacial score (nSPS) is 12.7. The maximum atomic E-state index is 14.4. The van der Waals surface area contributed by atoms with E-state index in [4.69, 9.17) is 32.6 Å². The van der Waals surface area contributed by atoms with Gasteiger partial charge in [-0.3, -0.25) is 14.2 Å². The van der Waals surface area contributed by atoms with Crippen molar-refractivity contribution in [3.8, 4) is 6.07 Å². The molecule has 0 aliphatic rings. The molecule has 0 aliphatic carbocycles. The van der Waals surface area contributed by atoms with E-state index in [9.17, 15) is 14.6 Å². The van der Waals surface area contributed by atoms with Crippen LogP contribution in [-0.4, -0.2) is 25.1 Å². The monoisotopic (exact) mass is 529 g/mol. The van der Waals surface area contributed by atoms with Crippen LogP contribution in [0.15, 0.2) is 60.9 Å². The third-order valence-electron chi connectivity index (χ3n) is 5.36. The zero-order chi connectivity index (χ0) is 25.2. The minimum atomic E-state index is -3.90. The molecule has 178 valence electrons. The van der Waals surface area contributed by atoms with Crippen molar-refractivity contribution >= 4 is 58.0 Å². The van der Waals surface area contributed by atoms with E-state index in [1.807, 2.05) is 12.1 Å². The van der Waals surface area contributed by atoms with Crippen LogP contribution in [0.2, 0.25) is 10.0 Å². The molecule has 11 heteroatoms. The molecule has 0 radical (unpaired) electrons. The lowest BCUT2D eigenvalue weighted by atomic mass is 10.2. The van der Waals surface area contributed by atoms with Gasteiger partial charge in [0.25, 0.3) is 13.3 Å². The predicted octanol–water partition coefficient (Wildman–Crippen LogP) is 3.50. The van der Waals surface area contributed by atoms with Crippen LogP contribution >= 0.6 is 30.6 Å². The molecule has 0 aliphatic heterocycles. The minimum Gasteiger partial charge on any atom is -0.350 e. The Morgan fingerprint density at radius 3 is 2.69 bits per heavy atom. The molecule has 1 amide bonds. The van der Waals surface area contributed by atoms with Gasteiger partial charge in [0.2, 0.25) is 12.4 Å². The van der Waals surface area contributed by atoms with Gasteiger partial charge in [-0.15, -0.1) is 0 Å². The van der Waals surface area contributed by atoms with Gasteiger partial charge in [0.1, 0.15) is 12.8 Å². The van der Waals surface area contributed by atoms with Crippen LogP contribution in [0.3, 0.4) is 0 Å². The number of fused-ring (bicyclic) bond motifs is 1. The Hall–Kier alpha value is -3.34. The Morgan fingerprint density at radius 2 is 1.97 bits per heavy atom. The second kappa shape index (κ2) is 10.1. The van der Waals surface area contributed by atoms with E-state index < -0.39 is 13.3 Å². The smallest absolute Gasteiger partial charge is 0.268 e. The van der Waals surface area contributed by atoms with E-state index in [0.717, 1.165) is 5.56 Å². The van der Waals surface area contributed by atoms with Gasteiger partial charge in [0.05, 0.1) is 16.9 Å². The van der Waals surface area contributed by atoms with Crippen LogP contribution in [0.4, 0.5) is 0 Å². The number of nitrogens with zero attached hydrogens (tertiary/aromatic N) is 2. The summed E-state index contributed by atoms with van der Waals surface area (Å²) in [6, 6.07) is 14.9. The summed E-state index contributed by atoms with van der Waals surface area (Å²) in [5, 5.41) is 13.6. The number of aromatic nitrogens is 2. The molecule has 0 bridgehead atoms. The Kier molecular flexibility index (Phi) is 7.15. The van der Waals surface area contributed by atoms with Gasteiger partial charge in [-0.05, 0) is 42.5 Å². The molecule has 4 aromatic rings. The molecule has 2 aromatic carbocycles. The van der Waals surface area contributed by atoms with Crippen molar-refractivity contribution in [2.24, 2.45) is 0 Å². The molecule has 0 saturated heterocycles. The van der Waals surface area contributed by atoms with Crippen LogP contribution < -0.4 is 25.5 Å². The summed E-state index contributed by atoms with van der Waals surface area (Å²) in [5.41, 5.74) is 1.60. The third-order valence-corrected chi connectivity index (χ3v) is 8.32. The Labute approximate surface area is 211 Å². The fourth-order valence-electron chi connectivity index (χ4n) is 3.74. The Morgan fingerprint density at radius 1 is 1.17 bits per heavy atom. The number of benzene rings is 2. The van der Waals surface area contributed by atoms with E-state index in [1.54, 1.807) is 36.7 Å². The van der Waals surface area contributed by atoms with E-state index >= 15 is 0 Å². The first-order chi connectivity index (χ1) is 16.8. The van der Waals surface area contributed by atoms with Crippen LogP contribution in [0.25, 0.3) is 10.9 Å². The lowest BCUT2D eigenvalue weighted by Crippen LogP contribution is -2.40. The first-order valence-electron chi connectivity index (χ1n) is 10.3. The van der Waals surface area contributed by atoms with Crippen LogP contribution in [-0.2, 0) is 15.6 Å². The highest BCUT2D eigenvalue weighted by Gasteiger charge is 2.36. The Balaban J connectivity index is 1.84. The van der Waals surface area contributed by atoms with Crippen molar-refractivity contribution in [2.45, 2.75) is 6.54 Å². The zero-order valence-electron chi connectivity index (χ0n) is 18.7. The number of H-pyrrole nitrogens is 1. The molecule has 35 heavy (non-hydrogen) atoms. The van der Waals surface area contributed by atoms with Crippen molar-refractivity contribution < 1.29 is 23.5 Å². The van der Waals surface area contributed by atoms with Gasteiger partial charge in [0.15, 0.2) is 0 Å². The molecule has 2 aromatic heterocycles. The van der Waals surface area contributed by atoms with Gasteiger partial charge >= 0.3 is 0 Å². The number of hydrogen-bond acceptors (Lipinski definition) is 5. The summed E-state index contributed by atoms with van der Waals surface area (Å²) in [4.78, 5) is 21.6. The molecule has 2 N–H and O–H groups in total. The standard InChI is InChI=1S/C24H19Cl2N4O4P/c1-33-30-7-3-4-15(14-30)13-28-24(31)22-23(20-11-17(25)5-6-21(20)29-22)35(32,34-2)19-9-16(12-27)8-18(26)10-19/h3-11,14H,13H2,1-2H3,(H-,28,29,31,32)/p+1. The third kappa shape index (κ3) is 4.90. The second-order valence-electron chi connectivity index (χ2n) is 7.52. The molecule has 1 unspecified atom stereocenters. The molecular formula is C24H20Cl2N4O4P+. The maximum Gasteiger partial charge on any atom is 0.268 e. The fraction of sp³-hybridized carbons (Fsp3) is 0.125. The number of nitrogens with one attached hydrogen (secondary N) is 2. The number of carbonyl (C=O) groups is 1. The molecular weight excluding hydrogens is 510 g/mol. The average Bonchev–Trinajstić information content (AvgIpc) is 3.25. The van der Waals surface area contributed by atoms with E-state index in [1.165, 1.54) is 37.1 Å². The summed E-state index contributed by atoms with van der Waals surface area (Å²) in [6.07, 6.45) is 3.45. The van der Waals surface area contributed by atoms with Gasteiger partial charge in [-0.2, -0.15) is 5.26 Å². The summed E-state index contributed by atoms with van der Waals surface area (Å²) < 4.78 is 21.5. The SMILES string of the molecule is CO[n+]1cccc(CNC(=O)c2[nH]c3ccc(Cl)cc3c2P(=O)(OC)c2cc(Cl)cc(C#N)c2)c1. The number of halogens is 2. The topological polar surface area (TPSA) is 108 Å². The average molecular weight is 530 g/mol. The maximum absolute atomic E-state index is 14.4. The highest BCUT2D eigenvalue weighted by molar-refractivity contribution is 7.75. The number of carbonyl (C=O) groups excluding carboxylic acids is 1. The molecule has 0 spiro atoms. The lowest BCUT2D eigenvalue weighted by molar-refractivity contribution is -0.885. The molecule has 2 heterocycles. The lowest BCUT2D eigenvalue weighted by Gasteiger charge is -2.18. The molecule has 8 nitrogen and oxygen atoms in total. The van der Waals surface area contributed by atoms with Gasteiger partial charge in [0, 0.05) is 56.3 Å². The number of aromatic amines is 1. The van der Waals surface area contributed by atoms with Crippen molar-refractivity contribution in [3.63, 3.8) is 0 Å². The van der Waals surface area contributed by atoms with Crippen molar-refractivity contribution in [1.29, 1.82) is 5.26 Å². The highest BCUT2D eigenvalue weighted by Crippen LogP contribution is 2.47. The largest absolute Gasteiger partial charge is 0.350 e.